The molecule has 1 nitrogen and oxygen atoms in total. The third-order valence-electron chi connectivity index (χ3n) is 2.48. The third kappa shape index (κ3) is 1.57. The Morgan fingerprint density at radius 2 is 2.31 bits per heavy atom. The molecule has 1 heterocycles. The predicted molar refractivity (Wildman–Crippen MR) is 60.7 cm³/mol. The van der Waals surface area contributed by atoms with Crippen LogP contribution >= 0.6 is 27.5 Å². The van der Waals surface area contributed by atoms with E-state index in [0.29, 0.717) is 0 Å². The molecule has 13 heavy (non-hydrogen) atoms. The van der Waals surface area contributed by atoms with Gasteiger partial charge < -0.3 is 5.32 Å². The molecular weight excluding hydrogens is 249 g/mol. The highest BCUT2D eigenvalue weighted by Gasteiger charge is 2.15. The Balaban J connectivity index is 2.63. The number of fused-ring (bicyclic) bond motifs is 1. The maximum atomic E-state index is 6.08. The standard InChI is InChI=1S/C10H11BrClN/c1-6-9(12)5-8(11)7-3-2-4-13-10(6)7/h5,13H,2-4H2,1H3. The van der Waals surface area contributed by atoms with Crippen molar-refractivity contribution in [2.75, 3.05) is 11.9 Å². The van der Waals surface area contributed by atoms with Crippen LogP contribution in [-0.2, 0) is 6.42 Å². The molecule has 70 valence electrons. The van der Waals surface area contributed by atoms with Crippen LogP contribution in [0, 0.1) is 6.92 Å². The second-order valence-corrected chi connectivity index (χ2v) is 4.61. The number of anilines is 1. The summed E-state index contributed by atoms with van der Waals surface area (Å²) in [7, 11) is 0. The first-order valence-corrected chi connectivity index (χ1v) is 5.58. The summed E-state index contributed by atoms with van der Waals surface area (Å²) in [4.78, 5) is 0. The van der Waals surface area contributed by atoms with Crippen molar-refractivity contribution in [3.05, 3.63) is 26.7 Å². The zero-order valence-corrected chi connectivity index (χ0v) is 9.80. The van der Waals surface area contributed by atoms with Crippen LogP contribution < -0.4 is 5.32 Å². The van der Waals surface area contributed by atoms with Gasteiger partial charge in [0.05, 0.1) is 0 Å². The summed E-state index contributed by atoms with van der Waals surface area (Å²) in [6.07, 6.45) is 2.34. The van der Waals surface area contributed by atoms with E-state index < -0.39 is 0 Å². The topological polar surface area (TPSA) is 12.0 Å². The minimum Gasteiger partial charge on any atom is -0.385 e. The summed E-state index contributed by atoms with van der Waals surface area (Å²) in [6.45, 7) is 3.12. The molecule has 0 atom stereocenters. The van der Waals surface area contributed by atoms with Gasteiger partial charge in [-0.15, -0.1) is 0 Å². The Morgan fingerprint density at radius 1 is 1.54 bits per heavy atom. The van der Waals surface area contributed by atoms with E-state index in [2.05, 4.69) is 28.2 Å². The first-order valence-electron chi connectivity index (χ1n) is 4.41. The number of nitrogens with one attached hydrogen (secondary N) is 1. The van der Waals surface area contributed by atoms with Crippen LogP contribution in [0.2, 0.25) is 5.02 Å². The molecule has 1 aliphatic heterocycles. The fourth-order valence-corrected chi connectivity index (χ4v) is 2.69. The lowest BCUT2D eigenvalue weighted by atomic mass is 10.0. The molecule has 0 saturated heterocycles. The van der Waals surface area contributed by atoms with E-state index in [-0.39, 0.29) is 0 Å². The van der Waals surface area contributed by atoms with Gasteiger partial charge in [-0.1, -0.05) is 27.5 Å². The monoisotopic (exact) mass is 259 g/mol. The second-order valence-electron chi connectivity index (χ2n) is 3.35. The Bertz CT molecular complexity index is 349. The first kappa shape index (κ1) is 9.35. The van der Waals surface area contributed by atoms with Crippen molar-refractivity contribution < 1.29 is 0 Å². The van der Waals surface area contributed by atoms with Crippen LogP contribution in [-0.4, -0.2) is 6.54 Å². The minimum absolute atomic E-state index is 0.833. The van der Waals surface area contributed by atoms with Gasteiger partial charge in [0.1, 0.15) is 0 Å². The molecule has 1 aromatic carbocycles. The summed E-state index contributed by atoms with van der Waals surface area (Å²) < 4.78 is 1.13. The Morgan fingerprint density at radius 3 is 3.08 bits per heavy atom. The maximum absolute atomic E-state index is 6.08. The fourth-order valence-electron chi connectivity index (χ4n) is 1.73. The molecule has 0 fully saturated rings. The number of hydrogen-bond donors (Lipinski definition) is 1. The van der Waals surface area contributed by atoms with E-state index >= 15 is 0 Å². The smallest absolute Gasteiger partial charge is 0.0467 e. The summed E-state index contributed by atoms with van der Waals surface area (Å²) in [5.41, 5.74) is 3.76. The zero-order valence-electron chi connectivity index (χ0n) is 7.45. The van der Waals surface area contributed by atoms with Gasteiger partial charge >= 0.3 is 0 Å². The highest BCUT2D eigenvalue weighted by atomic mass is 79.9. The van der Waals surface area contributed by atoms with Gasteiger partial charge in [-0.3, -0.25) is 0 Å². The molecule has 1 aliphatic rings. The average Bonchev–Trinajstić information content (AvgIpc) is 2.15. The van der Waals surface area contributed by atoms with Crippen molar-refractivity contribution in [2.24, 2.45) is 0 Å². The van der Waals surface area contributed by atoms with Gasteiger partial charge in [0.25, 0.3) is 0 Å². The Kier molecular flexibility index (Phi) is 2.52. The van der Waals surface area contributed by atoms with Crippen molar-refractivity contribution in [3.8, 4) is 0 Å². The number of benzene rings is 1. The van der Waals surface area contributed by atoms with Crippen molar-refractivity contribution in [1.82, 2.24) is 0 Å². The quantitative estimate of drug-likeness (QED) is 0.749. The summed E-state index contributed by atoms with van der Waals surface area (Å²) in [5.74, 6) is 0. The van der Waals surface area contributed by atoms with E-state index in [0.717, 1.165) is 22.5 Å². The average molecular weight is 261 g/mol. The summed E-state index contributed by atoms with van der Waals surface area (Å²) >= 11 is 9.62. The van der Waals surface area contributed by atoms with Crippen LogP contribution in [0.4, 0.5) is 5.69 Å². The molecule has 1 N–H and O–H groups in total. The molecule has 1 aromatic rings. The zero-order chi connectivity index (χ0) is 9.42. The number of halogens is 2. The van der Waals surface area contributed by atoms with Crippen LogP contribution in [0.15, 0.2) is 10.5 Å². The molecule has 0 unspecified atom stereocenters. The van der Waals surface area contributed by atoms with Crippen molar-refractivity contribution in [2.45, 2.75) is 19.8 Å². The van der Waals surface area contributed by atoms with Gasteiger partial charge in [0, 0.05) is 21.7 Å². The largest absolute Gasteiger partial charge is 0.385 e. The lowest BCUT2D eigenvalue weighted by Crippen LogP contribution is -2.13. The lowest BCUT2D eigenvalue weighted by molar-refractivity contribution is 0.824. The van der Waals surface area contributed by atoms with Crippen LogP contribution in [0.3, 0.4) is 0 Å². The molecule has 0 bridgehead atoms. The van der Waals surface area contributed by atoms with Crippen LogP contribution in [0.1, 0.15) is 17.5 Å². The second kappa shape index (κ2) is 3.50. The normalized spacial score (nSPS) is 15.0. The fraction of sp³-hybridized carbons (Fsp3) is 0.400. The van der Waals surface area contributed by atoms with Crippen LogP contribution in [0.25, 0.3) is 0 Å². The highest BCUT2D eigenvalue weighted by molar-refractivity contribution is 9.10. The van der Waals surface area contributed by atoms with E-state index in [1.807, 2.05) is 6.07 Å². The van der Waals surface area contributed by atoms with Crippen LogP contribution in [0.5, 0.6) is 0 Å². The van der Waals surface area contributed by atoms with Gasteiger partial charge in [-0.05, 0) is 37.0 Å². The molecule has 0 radical (unpaired) electrons. The SMILES string of the molecule is Cc1c(Cl)cc(Br)c2c1NCCC2. The molecule has 0 amide bonds. The van der Waals surface area contributed by atoms with E-state index in [4.69, 9.17) is 11.6 Å². The molecule has 3 heteroatoms. The van der Waals surface area contributed by atoms with Gasteiger partial charge in [-0.25, -0.2) is 0 Å². The number of hydrogen-bond acceptors (Lipinski definition) is 1. The van der Waals surface area contributed by atoms with Gasteiger partial charge in [-0.2, -0.15) is 0 Å². The minimum atomic E-state index is 0.833. The third-order valence-corrected chi connectivity index (χ3v) is 3.58. The van der Waals surface area contributed by atoms with Gasteiger partial charge in [0.15, 0.2) is 0 Å². The highest BCUT2D eigenvalue weighted by Crippen LogP contribution is 2.36. The predicted octanol–water partition coefficient (Wildman–Crippen LogP) is 3.77. The van der Waals surface area contributed by atoms with E-state index in [1.165, 1.54) is 23.2 Å². The van der Waals surface area contributed by atoms with E-state index in [9.17, 15) is 0 Å². The maximum Gasteiger partial charge on any atom is 0.0467 e. The van der Waals surface area contributed by atoms with Crippen molar-refractivity contribution in [1.29, 1.82) is 0 Å². The molecule has 0 aliphatic carbocycles. The molecule has 0 spiro atoms. The van der Waals surface area contributed by atoms with Crippen molar-refractivity contribution >= 4 is 33.2 Å². The number of rotatable bonds is 0. The Labute approximate surface area is 91.6 Å². The first-order chi connectivity index (χ1) is 6.20. The summed E-state index contributed by atoms with van der Waals surface area (Å²) in [6, 6.07) is 1.99. The van der Waals surface area contributed by atoms with Crippen molar-refractivity contribution in [3.63, 3.8) is 0 Å². The Hall–Kier alpha value is -0.210. The lowest BCUT2D eigenvalue weighted by Gasteiger charge is -2.22. The van der Waals surface area contributed by atoms with E-state index in [1.54, 1.807) is 0 Å². The molecular formula is C10H11BrClN. The molecule has 2 rings (SSSR count). The molecule has 0 aromatic heterocycles. The molecule has 0 saturated carbocycles. The van der Waals surface area contributed by atoms with Gasteiger partial charge in [0.2, 0.25) is 0 Å². The summed E-state index contributed by atoms with van der Waals surface area (Å²) in [5, 5.41) is 4.23.